The largest absolute Gasteiger partial charge is 0.290 e. The number of amides is 1. The van der Waals surface area contributed by atoms with Gasteiger partial charge in [-0.15, -0.1) is 10.2 Å². The number of hydrogen-bond acceptors (Lipinski definition) is 5. The fraction of sp³-hybridized carbons (Fsp3) is 0.176. The lowest BCUT2D eigenvalue weighted by atomic mass is 10.2. The van der Waals surface area contributed by atoms with Crippen molar-refractivity contribution in [3.05, 3.63) is 64.9 Å². The molecular formula is C17H16ClN5OS. The monoisotopic (exact) mass is 373 g/mol. The number of rotatable bonds is 6. The first kappa shape index (κ1) is 17.4. The molecule has 0 aliphatic carbocycles. The van der Waals surface area contributed by atoms with Crippen molar-refractivity contribution in [3.63, 3.8) is 0 Å². The van der Waals surface area contributed by atoms with Crippen LogP contribution in [-0.2, 0) is 12.3 Å². The molecule has 0 aliphatic heterocycles. The molecule has 128 valence electrons. The first-order valence-electron chi connectivity index (χ1n) is 7.69. The van der Waals surface area contributed by atoms with Gasteiger partial charge in [0.05, 0.1) is 5.56 Å². The molecule has 2 heterocycles. The zero-order valence-electron chi connectivity index (χ0n) is 13.5. The maximum atomic E-state index is 12.3. The van der Waals surface area contributed by atoms with Gasteiger partial charge in [-0.25, -0.2) is 0 Å². The van der Waals surface area contributed by atoms with Crippen LogP contribution in [0.5, 0.6) is 0 Å². The minimum atomic E-state index is -0.266. The molecular weight excluding hydrogens is 358 g/mol. The highest BCUT2D eigenvalue weighted by atomic mass is 35.5. The number of nitrogens with one attached hydrogen (secondary N) is 1. The number of halogens is 1. The van der Waals surface area contributed by atoms with Gasteiger partial charge in [0.25, 0.3) is 5.91 Å². The second-order valence-corrected chi connectivity index (χ2v) is 6.48. The summed E-state index contributed by atoms with van der Waals surface area (Å²) in [5.41, 5.74) is 1.50. The van der Waals surface area contributed by atoms with E-state index < -0.39 is 0 Å². The number of pyridine rings is 1. The van der Waals surface area contributed by atoms with E-state index in [2.05, 4.69) is 20.5 Å². The Morgan fingerprint density at radius 2 is 2.08 bits per heavy atom. The van der Waals surface area contributed by atoms with E-state index >= 15 is 0 Å². The molecule has 2 aromatic heterocycles. The van der Waals surface area contributed by atoms with Crippen molar-refractivity contribution in [2.24, 2.45) is 0 Å². The highest BCUT2D eigenvalue weighted by molar-refractivity contribution is 7.98. The molecule has 0 bridgehead atoms. The van der Waals surface area contributed by atoms with Gasteiger partial charge in [-0.2, -0.15) is 0 Å². The van der Waals surface area contributed by atoms with Crippen LogP contribution in [0.1, 0.15) is 22.8 Å². The molecule has 3 aromatic rings. The lowest BCUT2D eigenvalue weighted by molar-refractivity contribution is 0.102. The fourth-order valence-electron chi connectivity index (χ4n) is 2.20. The molecule has 0 aliphatic rings. The highest BCUT2D eigenvalue weighted by Gasteiger charge is 2.15. The van der Waals surface area contributed by atoms with E-state index in [1.807, 2.05) is 35.8 Å². The van der Waals surface area contributed by atoms with Crippen LogP contribution in [0.4, 0.5) is 5.95 Å². The van der Waals surface area contributed by atoms with Gasteiger partial charge in [-0.3, -0.25) is 19.7 Å². The molecule has 1 N–H and O–H groups in total. The number of anilines is 1. The Labute approximate surface area is 154 Å². The van der Waals surface area contributed by atoms with Gasteiger partial charge in [0, 0.05) is 29.7 Å². The number of thioether (sulfide) groups is 1. The van der Waals surface area contributed by atoms with Crippen LogP contribution in [0.25, 0.3) is 0 Å². The Balaban J connectivity index is 1.73. The first-order chi connectivity index (χ1) is 12.2. The predicted molar refractivity (Wildman–Crippen MR) is 98.9 cm³/mol. The maximum absolute atomic E-state index is 12.3. The Bertz CT molecular complexity index is 868. The van der Waals surface area contributed by atoms with Gasteiger partial charge in [-0.05, 0) is 30.7 Å². The number of hydrogen-bond donors (Lipinski definition) is 1. The smallest absolute Gasteiger partial charge is 0.259 e. The van der Waals surface area contributed by atoms with Crippen molar-refractivity contribution < 1.29 is 4.79 Å². The maximum Gasteiger partial charge on any atom is 0.259 e. The zero-order chi connectivity index (χ0) is 17.6. The molecule has 3 rings (SSSR count). The van der Waals surface area contributed by atoms with Crippen LogP contribution in [0.3, 0.4) is 0 Å². The summed E-state index contributed by atoms with van der Waals surface area (Å²) in [4.78, 5) is 16.2. The molecule has 1 amide bonds. The number of benzene rings is 1. The van der Waals surface area contributed by atoms with Crippen molar-refractivity contribution in [2.45, 2.75) is 24.4 Å². The molecule has 0 unspecified atom stereocenters. The van der Waals surface area contributed by atoms with Gasteiger partial charge in [0.2, 0.25) is 5.95 Å². The van der Waals surface area contributed by atoms with Crippen molar-refractivity contribution in [1.29, 1.82) is 0 Å². The molecule has 0 saturated heterocycles. The van der Waals surface area contributed by atoms with E-state index in [1.165, 1.54) is 18.0 Å². The molecule has 25 heavy (non-hydrogen) atoms. The third-order valence-electron chi connectivity index (χ3n) is 3.50. The molecule has 0 saturated carbocycles. The fourth-order valence-corrected chi connectivity index (χ4v) is 3.49. The molecule has 0 fully saturated rings. The van der Waals surface area contributed by atoms with E-state index in [1.54, 1.807) is 18.3 Å². The zero-order valence-corrected chi connectivity index (χ0v) is 15.1. The summed E-state index contributed by atoms with van der Waals surface area (Å²) >= 11 is 7.71. The standard InChI is InChI=1S/C17H16ClN5OS/c1-2-23-16(20-15(24)12-7-5-9-19-10-12)21-22-17(23)25-11-13-6-3-4-8-14(13)18/h3-10H,2,11H2,1H3,(H,20,21,24). The summed E-state index contributed by atoms with van der Waals surface area (Å²) in [5.74, 6) is 0.824. The van der Waals surface area contributed by atoms with Crippen LogP contribution >= 0.6 is 23.4 Å². The van der Waals surface area contributed by atoms with E-state index in [4.69, 9.17) is 11.6 Å². The highest BCUT2D eigenvalue weighted by Crippen LogP contribution is 2.27. The molecule has 0 radical (unpaired) electrons. The van der Waals surface area contributed by atoms with E-state index in [9.17, 15) is 4.79 Å². The van der Waals surface area contributed by atoms with Crippen LogP contribution in [-0.4, -0.2) is 25.7 Å². The van der Waals surface area contributed by atoms with E-state index in [0.29, 0.717) is 23.8 Å². The minimum absolute atomic E-state index is 0.266. The van der Waals surface area contributed by atoms with Crippen molar-refractivity contribution >= 4 is 35.2 Å². The average Bonchev–Trinajstić information content (AvgIpc) is 3.03. The van der Waals surface area contributed by atoms with Gasteiger partial charge < -0.3 is 0 Å². The van der Waals surface area contributed by atoms with Gasteiger partial charge in [0.1, 0.15) is 0 Å². The lowest BCUT2D eigenvalue weighted by Crippen LogP contribution is -2.16. The normalized spacial score (nSPS) is 10.6. The molecule has 8 heteroatoms. The van der Waals surface area contributed by atoms with Gasteiger partial charge >= 0.3 is 0 Å². The minimum Gasteiger partial charge on any atom is -0.290 e. The Hall–Kier alpha value is -2.38. The van der Waals surface area contributed by atoms with Crippen molar-refractivity contribution in [2.75, 3.05) is 5.32 Å². The Morgan fingerprint density at radius 3 is 2.80 bits per heavy atom. The molecule has 0 spiro atoms. The summed E-state index contributed by atoms with van der Waals surface area (Å²) in [5, 5.41) is 12.5. The third kappa shape index (κ3) is 4.18. The van der Waals surface area contributed by atoms with Crippen LogP contribution in [0, 0.1) is 0 Å². The van der Waals surface area contributed by atoms with E-state index in [0.717, 1.165) is 15.7 Å². The summed E-state index contributed by atoms with van der Waals surface area (Å²) in [7, 11) is 0. The number of aromatic nitrogens is 4. The summed E-state index contributed by atoms with van der Waals surface area (Å²) in [6, 6.07) is 11.1. The summed E-state index contributed by atoms with van der Waals surface area (Å²) < 4.78 is 1.86. The van der Waals surface area contributed by atoms with Crippen LogP contribution < -0.4 is 5.32 Å². The molecule has 6 nitrogen and oxygen atoms in total. The second-order valence-electron chi connectivity index (χ2n) is 5.13. The summed E-state index contributed by atoms with van der Waals surface area (Å²) in [6.45, 7) is 2.61. The van der Waals surface area contributed by atoms with Crippen LogP contribution in [0.2, 0.25) is 5.02 Å². The quantitative estimate of drug-likeness (QED) is 0.663. The topological polar surface area (TPSA) is 72.7 Å². The summed E-state index contributed by atoms with van der Waals surface area (Å²) in [6.07, 6.45) is 3.13. The average molecular weight is 374 g/mol. The van der Waals surface area contributed by atoms with Gasteiger partial charge in [-0.1, -0.05) is 41.6 Å². The first-order valence-corrected chi connectivity index (χ1v) is 9.06. The van der Waals surface area contributed by atoms with Crippen LogP contribution in [0.15, 0.2) is 53.9 Å². The lowest BCUT2D eigenvalue weighted by Gasteiger charge is -2.08. The van der Waals surface area contributed by atoms with E-state index in [-0.39, 0.29) is 5.91 Å². The van der Waals surface area contributed by atoms with Crippen molar-refractivity contribution in [1.82, 2.24) is 19.7 Å². The number of carbonyl (C=O) groups excluding carboxylic acids is 1. The Morgan fingerprint density at radius 1 is 1.24 bits per heavy atom. The number of carbonyl (C=O) groups is 1. The molecule has 1 aromatic carbocycles. The predicted octanol–water partition coefficient (Wildman–Crippen LogP) is 3.89. The van der Waals surface area contributed by atoms with Gasteiger partial charge in [0.15, 0.2) is 5.16 Å². The third-order valence-corrected chi connectivity index (χ3v) is 4.88. The Kier molecular flexibility index (Phi) is 5.67. The van der Waals surface area contributed by atoms with Crippen molar-refractivity contribution in [3.8, 4) is 0 Å². The SMILES string of the molecule is CCn1c(NC(=O)c2cccnc2)nnc1SCc1ccccc1Cl. The number of nitrogens with zero attached hydrogens (tertiary/aromatic N) is 4. The molecule has 0 atom stereocenters. The second kappa shape index (κ2) is 8.13.